The van der Waals surface area contributed by atoms with Gasteiger partial charge in [-0.1, -0.05) is 6.07 Å². The Morgan fingerprint density at radius 1 is 1.45 bits per heavy atom. The van der Waals surface area contributed by atoms with Gasteiger partial charge in [-0.3, -0.25) is 0 Å². The van der Waals surface area contributed by atoms with Crippen LogP contribution in [0.5, 0.6) is 0 Å². The lowest BCUT2D eigenvalue weighted by atomic mass is 10.1. The number of carboxylic acid groups (broad SMARTS) is 1. The highest BCUT2D eigenvalue weighted by Crippen LogP contribution is 2.27. The molecular weight excluding hydrogens is 328 g/mol. The van der Waals surface area contributed by atoms with Crippen LogP contribution in [-0.4, -0.2) is 46.8 Å². The number of rotatable bonds is 3. The number of carbonyl (C=O) groups excluding carboxylic acids is 1. The van der Waals surface area contributed by atoms with Crippen molar-refractivity contribution < 1.29 is 19.8 Å². The van der Waals surface area contributed by atoms with Crippen LogP contribution in [0, 0.1) is 5.92 Å². The number of urea groups is 1. The summed E-state index contributed by atoms with van der Waals surface area (Å²) in [5, 5.41) is 20.8. The summed E-state index contributed by atoms with van der Waals surface area (Å²) >= 11 is 3.24. The molecule has 0 bridgehead atoms. The van der Waals surface area contributed by atoms with E-state index in [4.69, 9.17) is 10.2 Å². The van der Waals surface area contributed by atoms with Crippen molar-refractivity contribution in [1.82, 2.24) is 4.90 Å². The molecule has 1 saturated heterocycles. The third-order valence-corrected chi connectivity index (χ3v) is 3.97. The second-order valence-corrected chi connectivity index (χ2v) is 5.54. The van der Waals surface area contributed by atoms with Crippen molar-refractivity contribution in [2.75, 3.05) is 25.0 Å². The van der Waals surface area contributed by atoms with Gasteiger partial charge in [0.15, 0.2) is 0 Å². The average molecular weight is 343 g/mol. The number of hydrogen-bond donors (Lipinski definition) is 3. The first-order valence-electron chi connectivity index (χ1n) is 6.21. The SMILES string of the molecule is O=C(O)c1cccc(Br)c1NC(=O)N1CCC(CO)C1. The van der Waals surface area contributed by atoms with E-state index in [9.17, 15) is 9.59 Å². The van der Waals surface area contributed by atoms with E-state index in [2.05, 4.69) is 21.2 Å². The zero-order valence-electron chi connectivity index (χ0n) is 10.7. The molecule has 3 N–H and O–H groups in total. The van der Waals surface area contributed by atoms with Gasteiger partial charge in [-0.25, -0.2) is 9.59 Å². The van der Waals surface area contributed by atoms with Crippen LogP contribution in [0.3, 0.4) is 0 Å². The summed E-state index contributed by atoms with van der Waals surface area (Å²) in [6.45, 7) is 1.10. The van der Waals surface area contributed by atoms with Crippen LogP contribution in [0.15, 0.2) is 22.7 Å². The summed E-state index contributed by atoms with van der Waals surface area (Å²) in [4.78, 5) is 24.9. The molecule has 2 amide bonds. The average Bonchev–Trinajstić information content (AvgIpc) is 2.89. The molecule has 0 aliphatic carbocycles. The smallest absolute Gasteiger partial charge is 0.337 e. The Bertz CT molecular complexity index is 535. The van der Waals surface area contributed by atoms with Crippen LogP contribution in [0.1, 0.15) is 16.8 Å². The largest absolute Gasteiger partial charge is 0.478 e. The third kappa shape index (κ3) is 3.10. The standard InChI is InChI=1S/C13H15BrN2O4/c14-10-3-1-2-9(12(18)19)11(10)15-13(20)16-5-4-8(6-16)7-17/h1-3,8,17H,4-7H2,(H,15,20)(H,18,19). The summed E-state index contributed by atoms with van der Waals surface area (Å²) in [5.74, 6) is -1.00. The number of halogens is 1. The fraction of sp³-hybridized carbons (Fsp3) is 0.385. The number of carboxylic acids is 1. The van der Waals surface area contributed by atoms with Gasteiger partial charge in [0.05, 0.1) is 11.3 Å². The number of aliphatic hydroxyl groups excluding tert-OH is 1. The van der Waals surface area contributed by atoms with Gasteiger partial charge in [0.1, 0.15) is 0 Å². The first-order valence-corrected chi connectivity index (χ1v) is 7.00. The van der Waals surface area contributed by atoms with Crippen LogP contribution in [-0.2, 0) is 0 Å². The van der Waals surface area contributed by atoms with E-state index < -0.39 is 5.97 Å². The molecular formula is C13H15BrN2O4. The highest BCUT2D eigenvalue weighted by Gasteiger charge is 2.26. The summed E-state index contributed by atoms with van der Waals surface area (Å²) in [7, 11) is 0. The number of aromatic carboxylic acids is 1. The number of nitrogens with one attached hydrogen (secondary N) is 1. The van der Waals surface area contributed by atoms with Crippen molar-refractivity contribution >= 4 is 33.6 Å². The quantitative estimate of drug-likeness (QED) is 0.783. The van der Waals surface area contributed by atoms with Crippen molar-refractivity contribution in [3.8, 4) is 0 Å². The topological polar surface area (TPSA) is 89.9 Å². The molecule has 20 heavy (non-hydrogen) atoms. The molecule has 6 nitrogen and oxygen atoms in total. The highest BCUT2D eigenvalue weighted by molar-refractivity contribution is 9.10. The van der Waals surface area contributed by atoms with Gasteiger partial charge in [0, 0.05) is 30.1 Å². The molecule has 108 valence electrons. The predicted octanol–water partition coefficient (Wildman–Crippen LogP) is 1.99. The second-order valence-electron chi connectivity index (χ2n) is 4.68. The van der Waals surface area contributed by atoms with Crippen molar-refractivity contribution in [3.05, 3.63) is 28.2 Å². The minimum Gasteiger partial charge on any atom is -0.478 e. The molecule has 0 aromatic heterocycles. The number of aliphatic hydroxyl groups is 1. The number of carbonyl (C=O) groups is 2. The predicted molar refractivity (Wildman–Crippen MR) is 76.9 cm³/mol. The molecule has 7 heteroatoms. The Hall–Kier alpha value is -1.60. The summed E-state index contributed by atoms with van der Waals surface area (Å²) in [6.07, 6.45) is 0.756. The Labute approximate surface area is 124 Å². The molecule has 1 unspecified atom stereocenters. The van der Waals surface area contributed by atoms with Crippen molar-refractivity contribution in [2.45, 2.75) is 6.42 Å². The Kier molecular flexibility index (Phi) is 4.61. The lowest BCUT2D eigenvalue weighted by molar-refractivity contribution is 0.0698. The molecule has 1 aliphatic rings. The van der Waals surface area contributed by atoms with Crippen LogP contribution in [0.25, 0.3) is 0 Å². The molecule has 1 aromatic rings. The fourth-order valence-electron chi connectivity index (χ4n) is 2.18. The molecule has 1 heterocycles. The maximum atomic E-state index is 12.1. The zero-order chi connectivity index (χ0) is 14.7. The molecule has 2 rings (SSSR count). The Morgan fingerprint density at radius 2 is 2.20 bits per heavy atom. The fourth-order valence-corrected chi connectivity index (χ4v) is 2.65. The number of amides is 2. The van der Waals surface area contributed by atoms with Gasteiger partial charge >= 0.3 is 12.0 Å². The van der Waals surface area contributed by atoms with Gasteiger partial charge in [-0.05, 0) is 34.5 Å². The van der Waals surface area contributed by atoms with E-state index in [0.29, 0.717) is 17.6 Å². The summed E-state index contributed by atoms with van der Waals surface area (Å²) in [5.41, 5.74) is 0.281. The molecule has 0 radical (unpaired) electrons. The van der Waals surface area contributed by atoms with Crippen LogP contribution < -0.4 is 5.32 Å². The maximum absolute atomic E-state index is 12.1. The molecule has 1 atom stereocenters. The number of likely N-dealkylation sites (tertiary alicyclic amines) is 1. The molecule has 1 fully saturated rings. The van der Waals surface area contributed by atoms with Gasteiger partial charge in [0.25, 0.3) is 0 Å². The molecule has 1 aliphatic heterocycles. The summed E-state index contributed by atoms with van der Waals surface area (Å²) in [6, 6.07) is 4.35. The van der Waals surface area contributed by atoms with Gasteiger partial charge in [-0.15, -0.1) is 0 Å². The molecule has 0 spiro atoms. The van der Waals surface area contributed by atoms with Gasteiger partial charge in [0.2, 0.25) is 0 Å². The van der Waals surface area contributed by atoms with Crippen molar-refractivity contribution in [2.24, 2.45) is 5.92 Å². The lowest BCUT2D eigenvalue weighted by Crippen LogP contribution is -2.33. The summed E-state index contributed by atoms with van der Waals surface area (Å²) < 4.78 is 0.517. The van der Waals surface area contributed by atoms with E-state index in [-0.39, 0.29) is 29.8 Å². The van der Waals surface area contributed by atoms with Crippen LogP contribution >= 0.6 is 15.9 Å². The number of hydrogen-bond acceptors (Lipinski definition) is 3. The van der Waals surface area contributed by atoms with E-state index >= 15 is 0 Å². The third-order valence-electron chi connectivity index (χ3n) is 3.31. The normalized spacial score (nSPS) is 18.1. The van der Waals surface area contributed by atoms with Crippen LogP contribution in [0.4, 0.5) is 10.5 Å². The van der Waals surface area contributed by atoms with E-state index in [1.165, 1.54) is 6.07 Å². The number of anilines is 1. The van der Waals surface area contributed by atoms with Crippen molar-refractivity contribution in [3.63, 3.8) is 0 Å². The van der Waals surface area contributed by atoms with E-state index in [1.807, 2.05) is 0 Å². The number of nitrogens with zero attached hydrogens (tertiary/aromatic N) is 1. The minimum atomic E-state index is -1.10. The first-order chi connectivity index (χ1) is 9.52. The van der Waals surface area contributed by atoms with Gasteiger partial charge in [-0.2, -0.15) is 0 Å². The molecule has 0 saturated carbocycles. The maximum Gasteiger partial charge on any atom is 0.337 e. The zero-order valence-corrected chi connectivity index (χ0v) is 12.3. The first kappa shape index (κ1) is 14.8. The molecule has 1 aromatic carbocycles. The van der Waals surface area contributed by atoms with E-state index in [1.54, 1.807) is 17.0 Å². The Balaban J connectivity index is 2.14. The minimum absolute atomic E-state index is 0.0330. The Morgan fingerprint density at radius 3 is 2.80 bits per heavy atom. The lowest BCUT2D eigenvalue weighted by Gasteiger charge is -2.18. The van der Waals surface area contributed by atoms with Gasteiger partial charge < -0.3 is 20.4 Å². The monoisotopic (exact) mass is 342 g/mol. The number of para-hydroxylation sites is 1. The van der Waals surface area contributed by atoms with Crippen molar-refractivity contribution in [1.29, 1.82) is 0 Å². The van der Waals surface area contributed by atoms with E-state index in [0.717, 1.165) is 6.42 Å². The highest BCUT2D eigenvalue weighted by atomic mass is 79.9. The number of benzene rings is 1. The van der Waals surface area contributed by atoms with Crippen LogP contribution in [0.2, 0.25) is 0 Å². The second kappa shape index (κ2) is 6.23.